The molecule has 3 aliphatic heterocycles. The van der Waals surface area contributed by atoms with Crippen molar-refractivity contribution in [2.45, 2.75) is 67.9 Å². The fraction of sp³-hybridized carbons (Fsp3) is 0.500. The standard InChI is InChI=1S/C22H25F2N4O7PS/c1-11(2)34-36(31)32-10-14-17(35-36)22(23,24)19(33-14)28-8-7-16(26-20(28)30)25-18(29)12-5-6-15-13(9-12)27-21(3,4)37-15/h5-9,11,14,17,19,27H,10H2,1-4H3,(H,25,26,29,30)/t14-,17-,19?,36?/m1/s1. The largest absolute Gasteiger partial charge is 0.475 e. The van der Waals surface area contributed by atoms with E-state index in [1.165, 1.54) is 6.07 Å². The first-order valence-electron chi connectivity index (χ1n) is 11.4. The lowest BCUT2D eigenvalue weighted by atomic mass is 10.1. The smallest absolute Gasteiger partial charge is 0.370 e. The Bertz CT molecular complexity index is 1350. The number of ether oxygens (including phenoxy) is 1. The molecule has 2 N–H and O–H groups in total. The molecule has 4 atom stereocenters. The van der Waals surface area contributed by atoms with Gasteiger partial charge in [-0.25, -0.2) is 9.36 Å². The van der Waals surface area contributed by atoms with E-state index in [4.69, 9.17) is 18.3 Å². The van der Waals surface area contributed by atoms with Crippen LogP contribution in [-0.4, -0.2) is 51.2 Å². The molecule has 2 unspecified atom stereocenters. The highest BCUT2D eigenvalue weighted by molar-refractivity contribution is 8.01. The highest BCUT2D eigenvalue weighted by atomic mass is 32.2. The summed E-state index contributed by atoms with van der Waals surface area (Å²) < 4.78 is 64.1. The summed E-state index contributed by atoms with van der Waals surface area (Å²) in [7, 11) is -4.23. The summed E-state index contributed by atoms with van der Waals surface area (Å²) >= 11 is 1.63. The van der Waals surface area contributed by atoms with Crippen molar-refractivity contribution in [2.24, 2.45) is 0 Å². The zero-order valence-corrected chi connectivity index (χ0v) is 22.0. The van der Waals surface area contributed by atoms with E-state index in [0.29, 0.717) is 10.1 Å². The van der Waals surface area contributed by atoms with Crippen LogP contribution >= 0.6 is 19.6 Å². The summed E-state index contributed by atoms with van der Waals surface area (Å²) in [4.78, 5) is 29.9. The normalized spacial score (nSPS) is 29.4. The van der Waals surface area contributed by atoms with E-state index in [0.717, 1.165) is 16.8 Å². The van der Waals surface area contributed by atoms with Crippen LogP contribution in [0.25, 0.3) is 0 Å². The van der Waals surface area contributed by atoms with Crippen LogP contribution in [0, 0.1) is 0 Å². The molecule has 4 heterocycles. The van der Waals surface area contributed by atoms with Crippen LogP contribution in [-0.2, 0) is 22.9 Å². The summed E-state index contributed by atoms with van der Waals surface area (Å²) in [5.41, 5.74) is 0.0514. The third-order valence-electron chi connectivity index (χ3n) is 5.70. The third kappa shape index (κ3) is 5.06. The molecule has 15 heteroatoms. The van der Waals surface area contributed by atoms with Gasteiger partial charge in [0.2, 0.25) is 6.23 Å². The van der Waals surface area contributed by atoms with Crippen LogP contribution in [0.1, 0.15) is 44.3 Å². The molecule has 1 aromatic carbocycles. The first-order valence-corrected chi connectivity index (χ1v) is 13.7. The van der Waals surface area contributed by atoms with Crippen molar-refractivity contribution in [1.82, 2.24) is 9.55 Å². The number of nitrogens with zero attached hydrogens (tertiary/aromatic N) is 2. The number of carbonyl (C=O) groups excluding carboxylic acids is 1. The minimum absolute atomic E-state index is 0.123. The number of carbonyl (C=O) groups is 1. The van der Waals surface area contributed by atoms with Gasteiger partial charge in [0.1, 0.15) is 11.9 Å². The second-order valence-electron chi connectivity index (χ2n) is 9.53. The molecule has 1 amide bonds. The molecule has 0 radical (unpaired) electrons. The Hall–Kier alpha value is -2.35. The van der Waals surface area contributed by atoms with Gasteiger partial charge in [-0.2, -0.15) is 13.8 Å². The number of hydrogen-bond acceptors (Lipinski definition) is 10. The van der Waals surface area contributed by atoms with Gasteiger partial charge in [-0.15, -0.1) is 0 Å². The average Bonchev–Trinajstić information content (AvgIpc) is 3.23. The van der Waals surface area contributed by atoms with Gasteiger partial charge in [-0.05, 0) is 52.0 Å². The van der Waals surface area contributed by atoms with E-state index in [-0.39, 0.29) is 10.7 Å². The van der Waals surface area contributed by atoms with Crippen molar-refractivity contribution in [2.75, 3.05) is 17.2 Å². The summed E-state index contributed by atoms with van der Waals surface area (Å²) in [6, 6.07) is 6.35. The topological polar surface area (TPSA) is 130 Å². The highest BCUT2D eigenvalue weighted by Crippen LogP contribution is 2.60. The summed E-state index contributed by atoms with van der Waals surface area (Å²) in [6.45, 7) is 6.66. The molecule has 0 saturated carbocycles. The van der Waals surface area contributed by atoms with E-state index in [1.807, 2.05) is 19.9 Å². The predicted octanol–water partition coefficient (Wildman–Crippen LogP) is 4.23. The number of phosphoric acid groups is 1. The van der Waals surface area contributed by atoms with Crippen molar-refractivity contribution < 1.29 is 36.4 Å². The Morgan fingerprint density at radius 2 is 2.11 bits per heavy atom. The Kier molecular flexibility index (Phi) is 6.49. The maximum Gasteiger partial charge on any atom is 0.475 e. The maximum atomic E-state index is 15.2. The first-order chi connectivity index (χ1) is 17.3. The molecule has 2 fully saturated rings. The molecular formula is C22H25F2N4O7PS. The summed E-state index contributed by atoms with van der Waals surface area (Å²) in [5.74, 6) is -4.41. The van der Waals surface area contributed by atoms with Crippen molar-refractivity contribution in [3.63, 3.8) is 0 Å². The zero-order chi connectivity index (χ0) is 26.8. The average molecular weight is 559 g/mol. The maximum absolute atomic E-state index is 15.2. The van der Waals surface area contributed by atoms with E-state index in [2.05, 4.69) is 15.6 Å². The molecule has 0 aliphatic carbocycles. The number of hydrogen-bond donors (Lipinski definition) is 2. The first kappa shape index (κ1) is 26.3. The Morgan fingerprint density at radius 1 is 1.35 bits per heavy atom. The summed E-state index contributed by atoms with van der Waals surface area (Å²) in [6.07, 6.45) is -4.90. The molecule has 0 spiro atoms. The molecule has 1 aromatic heterocycles. The molecular weight excluding hydrogens is 533 g/mol. The number of benzene rings is 1. The third-order valence-corrected chi connectivity index (χ3v) is 8.51. The Balaban J connectivity index is 1.32. The van der Waals surface area contributed by atoms with Crippen molar-refractivity contribution in [3.05, 3.63) is 46.5 Å². The lowest BCUT2D eigenvalue weighted by Crippen LogP contribution is -2.45. The van der Waals surface area contributed by atoms with Gasteiger partial charge in [0.25, 0.3) is 5.91 Å². The van der Waals surface area contributed by atoms with Crippen LogP contribution in [0.5, 0.6) is 0 Å². The SMILES string of the molecule is CC(C)OP1(=O)OC[C@H]2OC(n3ccc(NC(=O)c4ccc5c(c4)NC(C)(C)S5)nc3=O)C(F)(F)[C@@H]2O1. The van der Waals surface area contributed by atoms with E-state index in [1.54, 1.807) is 37.7 Å². The number of alkyl halides is 2. The van der Waals surface area contributed by atoms with Gasteiger partial charge < -0.3 is 15.4 Å². The second-order valence-corrected chi connectivity index (χ2v) is 12.8. The number of aromatic nitrogens is 2. The number of phosphoric ester groups is 1. The minimum atomic E-state index is -4.23. The van der Waals surface area contributed by atoms with Crippen LogP contribution < -0.4 is 16.3 Å². The van der Waals surface area contributed by atoms with Crippen LogP contribution in [0.4, 0.5) is 20.3 Å². The number of nitrogens with one attached hydrogen (secondary N) is 2. The van der Waals surface area contributed by atoms with Gasteiger partial charge in [0.05, 0.1) is 17.6 Å². The van der Waals surface area contributed by atoms with Crippen LogP contribution in [0.15, 0.2) is 40.2 Å². The van der Waals surface area contributed by atoms with Gasteiger partial charge in [-0.1, -0.05) is 11.8 Å². The lowest BCUT2D eigenvalue weighted by Gasteiger charge is -2.32. The number of anilines is 2. The zero-order valence-electron chi connectivity index (χ0n) is 20.3. The van der Waals surface area contributed by atoms with Gasteiger partial charge >= 0.3 is 19.4 Å². The molecule has 0 bridgehead atoms. The summed E-state index contributed by atoms with van der Waals surface area (Å²) in [5, 5.41) is 5.81. The van der Waals surface area contributed by atoms with Crippen molar-refractivity contribution >= 4 is 37.0 Å². The lowest BCUT2D eigenvalue weighted by molar-refractivity contribution is -0.139. The molecule has 2 aromatic rings. The number of rotatable bonds is 5. The van der Waals surface area contributed by atoms with Gasteiger partial charge in [0.15, 0.2) is 6.10 Å². The van der Waals surface area contributed by atoms with Crippen molar-refractivity contribution in [3.8, 4) is 0 Å². The molecule has 37 heavy (non-hydrogen) atoms. The highest BCUT2D eigenvalue weighted by Gasteiger charge is 2.65. The number of amides is 1. The molecule has 200 valence electrons. The van der Waals surface area contributed by atoms with E-state index in [9.17, 15) is 14.2 Å². The van der Waals surface area contributed by atoms with Crippen LogP contribution in [0.2, 0.25) is 0 Å². The monoisotopic (exact) mass is 558 g/mol. The Morgan fingerprint density at radius 3 is 2.81 bits per heavy atom. The fourth-order valence-electron chi connectivity index (χ4n) is 4.21. The number of fused-ring (bicyclic) bond motifs is 2. The van der Waals surface area contributed by atoms with E-state index < -0.39 is 56.5 Å². The quantitative estimate of drug-likeness (QED) is 0.514. The fourth-order valence-corrected chi connectivity index (χ4v) is 6.85. The number of halogens is 2. The van der Waals surface area contributed by atoms with Gasteiger partial charge in [0, 0.05) is 22.3 Å². The van der Waals surface area contributed by atoms with E-state index >= 15 is 8.78 Å². The number of thioether (sulfide) groups is 1. The second kappa shape index (κ2) is 9.14. The molecule has 3 aliphatic rings. The Labute approximate surface area is 214 Å². The van der Waals surface area contributed by atoms with Crippen LogP contribution in [0.3, 0.4) is 0 Å². The van der Waals surface area contributed by atoms with Crippen molar-refractivity contribution in [1.29, 1.82) is 0 Å². The predicted molar refractivity (Wildman–Crippen MR) is 130 cm³/mol. The molecule has 2 saturated heterocycles. The molecule has 5 rings (SSSR count). The minimum Gasteiger partial charge on any atom is -0.370 e. The van der Waals surface area contributed by atoms with Gasteiger partial charge in [-0.3, -0.25) is 22.9 Å². The molecule has 11 nitrogen and oxygen atoms in total.